The van der Waals surface area contributed by atoms with Gasteiger partial charge in [0.1, 0.15) is 0 Å². The molecule has 0 saturated heterocycles. The second-order valence-electron chi connectivity index (χ2n) is 4.11. The number of carbonyl (C=O) groups is 1. The Hall–Kier alpha value is -2.41. The van der Waals surface area contributed by atoms with E-state index in [1.807, 2.05) is 67.6 Å². The third-order valence-corrected chi connectivity index (χ3v) is 2.42. The Kier molecular flexibility index (Phi) is 6.04. The monoisotopic (exact) mass is 250 g/mol. The van der Waals surface area contributed by atoms with Crippen LogP contribution in [0.2, 0.25) is 0 Å². The summed E-state index contributed by atoms with van der Waals surface area (Å²) in [7, 11) is 0. The lowest BCUT2D eigenvalue weighted by Crippen LogP contribution is -1.99. The molecule has 0 atom stereocenters. The number of ketones is 1. The molecular formula is C18H18O. The Bertz CT molecular complexity index is 497. The first-order chi connectivity index (χ1) is 9.15. The minimum absolute atomic E-state index is 0.0752. The quantitative estimate of drug-likeness (QED) is 0.571. The van der Waals surface area contributed by atoms with E-state index >= 15 is 0 Å². The number of carbonyl (C=O) groups excluding carboxylic acids is 1. The molecule has 0 saturated carbocycles. The maximum atomic E-state index is 11.8. The SMILES string of the molecule is C=CC(=C)C.O=C(c1ccccc1)c1ccccc1. The number of hydrogen-bond acceptors (Lipinski definition) is 1. The highest BCUT2D eigenvalue weighted by Gasteiger charge is 2.06. The van der Waals surface area contributed by atoms with Crippen molar-refractivity contribution < 1.29 is 4.79 Å². The third kappa shape index (κ3) is 5.17. The second kappa shape index (κ2) is 7.83. The van der Waals surface area contributed by atoms with Gasteiger partial charge >= 0.3 is 0 Å². The Morgan fingerprint density at radius 1 is 0.895 bits per heavy atom. The minimum Gasteiger partial charge on any atom is -0.289 e. The van der Waals surface area contributed by atoms with Gasteiger partial charge in [0.05, 0.1) is 0 Å². The van der Waals surface area contributed by atoms with Crippen LogP contribution in [-0.2, 0) is 0 Å². The fourth-order valence-corrected chi connectivity index (χ4v) is 1.35. The van der Waals surface area contributed by atoms with E-state index in [0.29, 0.717) is 0 Å². The lowest BCUT2D eigenvalue weighted by atomic mass is 10.0. The number of hydrogen-bond donors (Lipinski definition) is 0. The van der Waals surface area contributed by atoms with Gasteiger partial charge in [-0.3, -0.25) is 4.79 Å². The van der Waals surface area contributed by atoms with Gasteiger partial charge in [-0.05, 0) is 6.92 Å². The Balaban J connectivity index is 0.000000312. The van der Waals surface area contributed by atoms with Crippen molar-refractivity contribution in [3.8, 4) is 0 Å². The fraction of sp³-hybridized carbons (Fsp3) is 0.0556. The molecule has 96 valence electrons. The molecule has 2 aromatic rings. The highest BCUT2D eigenvalue weighted by molar-refractivity contribution is 6.08. The minimum atomic E-state index is 0.0752. The van der Waals surface area contributed by atoms with Gasteiger partial charge in [0.15, 0.2) is 5.78 Å². The normalized spacial score (nSPS) is 8.89. The smallest absolute Gasteiger partial charge is 0.193 e. The van der Waals surface area contributed by atoms with Gasteiger partial charge in [-0.25, -0.2) is 0 Å². The van der Waals surface area contributed by atoms with Crippen LogP contribution in [0.25, 0.3) is 0 Å². The van der Waals surface area contributed by atoms with Crippen LogP contribution in [0.5, 0.6) is 0 Å². The molecule has 0 amide bonds. The largest absolute Gasteiger partial charge is 0.289 e. The summed E-state index contributed by atoms with van der Waals surface area (Å²) in [4.78, 5) is 11.8. The topological polar surface area (TPSA) is 17.1 Å². The van der Waals surface area contributed by atoms with Crippen LogP contribution in [0.1, 0.15) is 22.8 Å². The summed E-state index contributed by atoms with van der Waals surface area (Å²) in [5, 5.41) is 0. The molecule has 0 fully saturated rings. The first-order valence-corrected chi connectivity index (χ1v) is 6.08. The van der Waals surface area contributed by atoms with Crippen molar-refractivity contribution in [2.75, 3.05) is 0 Å². The molecule has 1 nitrogen and oxygen atoms in total. The highest BCUT2D eigenvalue weighted by Crippen LogP contribution is 2.08. The molecule has 0 aliphatic heterocycles. The number of allylic oxidation sites excluding steroid dienone is 2. The van der Waals surface area contributed by atoms with E-state index in [-0.39, 0.29) is 5.78 Å². The summed E-state index contributed by atoms with van der Waals surface area (Å²) in [5.74, 6) is 0.0752. The summed E-state index contributed by atoms with van der Waals surface area (Å²) in [6.07, 6.45) is 1.72. The molecule has 0 bridgehead atoms. The molecule has 0 heterocycles. The number of rotatable bonds is 3. The summed E-state index contributed by atoms with van der Waals surface area (Å²) >= 11 is 0. The first kappa shape index (κ1) is 14.7. The molecule has 0 N–H and O–H groups in total. The summed E-state index contributed by atoms with van der Waals surface area (Å²) < 4.78 is 0. The first-order valence-electron chi connectivity index (χ1n) is 6.08. The van der Waals surface area contributed by atoms with E-state index in [1.165, 1.54) is 0 Å². The van der Waals surface area contributed by atoms with Gasteiger partial charge in [-0.15, -0.1) is 0 Å². The van der Waals surface area contributed by atoms with Gasteiger partial charge < -0.3 is 0 Å². The lowest BCUT2D eigenvalue weighted by molar-refractivity contribution is 0.103. The van der Waals surface area contributed by atoms with Crippen LogP contribution in [0.4, 0.5) is 0 Å². The Morgan fingerprint density at radius 2 is 1.21 bits per heavy atom. The van der Waals surface area contributed by atoms with Crippen molar-refractivity contribution >= 4 is 5.78 Å². The van der Waals surface area contributed by atoms with Gasteiger partial charge in [0, 0.05) is 11.1 Å². The van der Waals surface area contributed by atoms with Crippen LogP contribution in [0.3, 0.4) is 0 Å². The van der Waals surface area contributed by atoms with E-state index in [4.69, 9.17) is 0 Å². The van der Waals surface area contributed by atoms with E-state index in [9.17, 15) is 4.79 Å². The summed E-state index contributed by atoms with van der Waals surface area (Å²) in [5.41, 5.74) is 2.49. The molecule has 0 aliphatic carbocycles. The van der Waals surface area contributed by atoms with Crippen LogP contribution in [0.15, 0.2) is 85.5 Å². The molecule has 2 aromatic carbocycles. The molecule has 0 aromatic heterocycles. The molecule has 0 spiro atoms. The maximum Gasteiger partial charge on any atom is 0.193 e. The molecule has 0 radical (unpaired) electrons. The van der Waals surface area contributed by atoms with E-state index in [0.717, 1.165) is 16.7 Å². The van der Waals surface area contributed by atoms with Crippen molar-refractivity contribution in [2.45, 2.75) is 6.92 Å². The molecule has 2 rings (SSSR count). The Labute approximate surface area is 114 Å². The summed E-state index contributed by atoms with van der Waals surface area (Å²) in [6.45, 7) is 8.93. The maximum absolute atomic E-state index is 11.8. The lowest BCUT2D eigenvalue weighted by Gasteiger charge is -1.99. The third-order valence-electron chi connectivity index (χ3n) is 2.42. The number of benzene rings is 2. The zero-order valence-electron chi connectivity index (χ0n) is 11.2. The highest BCUT2D eigenvalue weighted by atomic mass is 16.1. The second-order valence-corrected chi connectivity index (χ2v) is 4.11. The predicted molar refractivity (Wildman–Crippen MR) is 81.3 cm³/mol. The zero-order chi connectivity index (χ0) is 14.1. The molecule has 1 heteroatoms. The van der Waals surface area contributed by atoms with Crippen molar-refractivity contribution in [2.24, 2.45) is 0 Å². The predicted octanol–water partition coefficient (Wildman–Crippen LogP) is 4.67. The Morgan fingerprint density at radius 3 is 1.47 bits per heavy atom. The van der Waals surface area contributed by atoms with E-state index in [2.05, 4.69) is 13.2 Å². The van der Waals surface area contributed by atoms with Crippen molar-refractivity contribution in [3.05, 3.63) is 96.6 Å². The zero-order valence-corrected chi connectivity index (χ0v) is 11.2. The average Bonchev–Trinajstić information content (AvgIpc) is 2.49. The van der Waals surface area contributed by atoms with Crippen molar-refractivity contribution in [1.29, 1.82) is 0 Å². The van der Waals surface area contributed by atoms with Gasteiger partial charge in [-0.2, -0.15) is 0 Å². The fourth-order valence-electron chi connectivity index (χ4n) is 1.35. The van der Waals surface area contributed by atoms with E-state index < -0.39 is 0 Å². The van der Waals surface area contributed by atoms with Crippen LogP contribution in [-0.4, -0.2) is 5.78 Å². The van der Waals surface area contributed by atoms with Crippen LogP contribution in [0, 0.1) is 0 Å². The molecule has 0 aliphatic rings. The van der Waals surface area contributed by atoms with Gasteiger partial charge in [-0.1, -0.05) is 85.5 Å². The van der Waals surface area contributed by atoms with Crippen molar-refractivity contribution in [1.82, 2.24) is 0 Å². The van der Waals surface area contributed by atoms with Crippen molar-refractivity contribution in [3.63, 3.8) is 0 Å². The summed E-state index contributed by atoms with van der Waals surface area (Å²) in [6, 6.07) is 18.6. The van der Waals surface area contributed by atoms with Gasteiger partial charge in [0.2, 0.25) is 0 Å². The standard InChI is InChI=1S/C13H10O.C5H8/c14-13(11-7-3-1-4-8-11)12-9-5-2-6-10-12;1-4-5(2)3/h1-10H;4H,1-2H2,3H3. The average molecular weight is 250 g/mol. The van der Waals surface area contributed by atoms with Crippen LogP contribution < -0.4 is 0 Å². The van der Waals surface area contributed by atoms with Gasteiger partial charge in [0.25, 0.3) is 0 Å². The molecular weight excluding hydrogens is 232 g/mol. The molecule has 19 heavy (non-hydrogen) atoms. The van der Waals surface area contributed by atoms with Crippen LogP contribution >= 0.6 is 0 Å². The molecule has 0 unspecified atom stereocenters. The van der Waals surface area contributed by atoms with E-state index in [1.54, 1.807) is 6.08 Å².